The minimum atomic E-state index is -3.96. The van der Waals surface area contributed by atoms with Crippen molar-refractivity contribution in [2.24, 2.45) is 0 Å². The summed E-state index contributed by atoms with van der Waals surface area (Å²) >= 11 is 0. The highest BCUT2D eigenvalue weighted by molar-refractivity contribution is 7.92. The summed E-state index contributed by atoms with van der Waals surface area (Å²) in [6, 6.07) is 12.9. The number of anilines is 1. The maximum Gasteiger partial charge on any atom is 0.326 e. The van der Waals surface area contributed by atoms with Crippen LogP contribution >= 0.6 is 0 Å². The predicted molar refractivity (Wildman–Crippen MR) is 102 cm³/mol. The Morgan fingerprint density at radius 1 is 0.963 bits per heavy atom. The highest BCUT2D eigenvalue weighted by Gasteiger charge is 2.27. The molecule has 0 aliphatic rings. The molecule has 0 bridgehead atoms. The van der Waals surface area contributed by atoms with Crippen LogP contribution in [0.15, 0.2) is 53.4 Å². The van der Waals surface area contributed by atoms with Gasteiger partial charge < -0.3 is 14.2 Å². The Morgan fingerprint density at radius 3 is 2.15 bits per heavy atom. The number of hydrogen-bond acceptors (Lipinski definition) is 6. The lowest BCUT2D eigenvalue weighted by molar-refractivity contribution is -0.138. The van der Waals surface area contributed by atoms with Gasteiger partial charge in [-0.2, -0.15) is 0 Å². The highest BCUT2D eigenvalue weighted by Crippen LogP contribution is 2.25. The molecule has 0 unspecified atom stereocenters. The van der Waals surface area contributed by atoms with Gasteiger partial charge in [0.15, 0.2) is 0 Å². The van der Waals surface area contributed by atoms with Crippen molar-refractivity contribution in [1.82, 2.24) is 0 Å². The number of esters is 1. The van der Waals surface area contributed by atoms with Crippen LogP contribution in [-0.2, 0) is 24.3 Å². The molecule has 0 saturated heterocycles. The summed E-state index contributed by atoms with van der Waals surface area (Å²) < 4.78 is 42.2. The van der Waals surface area contributed by atoms with Crippen LogP contribution in [0, 0.1) is 6.92 Å². The van der Waals surface area contributed by atoms with Crippen LogP contribution in [0.2, 0.25) is 0 Å². The van der Waals surface area contributed by atoms with Crippen molar-refractivity contribution in [3.8, 4) is 5.75 Å². The zero-order chi connectivity index (χ0) is 19.9. The first-order valence-electron chi connectivity index (χ1n) is 8.26. The molecule has 0 fully saturated rings. The van der Waals surface area contributed by atoms with Crippen molar-refractivity contribution < 1.29 is 27.4 Å². The van der Waals surface area contributed by atoms with Gasteiger partial charge in [-0.1, -0.05) is 17.7 Å². The standard InChI is InChI=1S/C19H23NO6S/c1-15-4-6-16(7-5-15)20(14-19(21)25-3)27(22,23)18-10-8-17(9-11-18)26-13-12-24-2/h4-11H,12-14H2,1-3H3. The second-order valence-electron chi connectivity index (χ2n) is 5.74. The molecule has 0 aliphatic carbocycles. The topological polar surface area (TPSA) is 82.1 Å². The SMILES string of the molecule is COCCOc1ccc(S(=O)(=O)N(CC(=O)OC)c2ccc(C)cc2)cc1. The summed E-state index contributed by atoms with van der Waals surface area (Å²) in [7, 11) is -1.18. The van der Waals surface area contributed by atoms with Crippen LogP contribution in [-0.4, -0.2) is 48.4 Å². The fourth-order valence-corrected chi connectivity index (χ4v) is 3.69. The van der Waals surface area contributed by atoms with Crippen molar-refractivity contribution in [3.05, 3.63) is 54.1 Å². The van der Waals surface area contributed by atoms with Gasteiger partial charge in [-0.3, -0.25) is 9.10 Å². The molecule has 0 saturated carbocycles. The Morgan fingerprint density at radius 2 is 1.59 bits per heavy atom. The van der Waals surface area contributed by atoms with Gasteiger partial charge in [-0.05, 0) is 43.3 Å². The Balaban J connectivity index is 2.32. The molecule has 0 spiro atoms. The van der Waals surface area contributed by atoms with E-state index in [0.717, 1.165) is 9.87 Å². The summed E-state index contributed by atoms with van der Waals surface area (Å²) in [6.07, 6.45) is 0. The minimum absolute atomic E-state index is 0.0473. The first-order valence-corrected chi connectivity index (χ1v) is 9.70. The van der Waals surface area contributed by atoms with E-state index in [9.17, 15) is 13.2 Å². The lowest BCUT2D eigenvalue weighted by atomic mass is 10.2. The Bertz CT molecular complexity index is 847. The summed E-state index contributed by atoms with van der Waals surface area (Å²) in [4.78, 5) is 11.8. The molecule has 27 heavy (non-hydrogen) atoms. The summed E-state index contributed by atoms with van der Waals surface area (Å²) in [5, 5.41) is 0. The number of aryl methyl sites for hydroxylation is 1. The Kier molecular flexibility index (Phi) is 7.20. The van der Waals surface area contributed by atoms with Crippen LogP contribution in [0.25, 0.3) is 0 Å². The number of nitrogens with zero attached hydrogens (tertiary/aromatic N) is 1. The average Bonchev–Trinajstić information content (AvgIpc) is 2.67. The third-order valence-corrected chi connectivity index (χ3v) is 5.58. The molecule has 8 heteroatoms. The zero-order valence-electron chi connectivity index (χ0n) is 15.5. The number of hydrogen-bond donors (Lipinski definition) is 0. The Labute approximate surface area is 159 Å². The van der Waals surface area contributed by atoms with Crippen LogP contribution in [0.4, 0.5) is 5.69 Å². The largest absolute Gasteiger partial charge is 0.491 e. The normalized spacial score (nSPS) is 11.1. The molecular formula is C19H23NO6S. The number of rotatable bonds is 9. The molecule has 2 aromatic rings. The second-order valence-corrected chi connectivity index (χ2v) is 7.60. The molecule has 0 heterocycles. The van der Waals surface area contributed by atoms with E-state index >= 15 is 0 Å². The van der Waals surface area contributed by atoms with E-state index in [1.54, 1.807) is 43.5 Å². The van der Waals surface area contributed by atoms with E-state index in [4.69, 9.17) is 9.47 Å². The van der Waals surface area contributed by atoms with Gasteiger partial charge in [0, 0.05) is 7.11 Å². The monoisotopic (exact) mass is 393 g/mol. The number of benzene rings is 2. The van der Waals surface area contributed by atoms with Crippen molar-refractivity contribution >= 4 is 21.7 Å². The fraction of sp³-hybridized carbons (Fsp3) is 0.316. The van der Waals surface area contributed by atoms with Crippen LogP contribution in [0.1, 0.15) is 5.56 Å². The zero-order valence-corrected chi connectivity index (χ0v) is 16.4. The third kappa shape index (κ3) is 5.45. The smallest absolute Gasteiger partial charge is 0.326 e. The third-order valence-electron chi connectivity index (χ3n) is 3.79. The summed E-state index contributed by atoms with van der Waals surface area (Å²) in [6.45, 7) is 2.26. The lowest BCUT2D eigenvalue weighted by Crippen LogP contribution is -2.36. The molecule has 7 nitrogen and oxygen atoms in total. The van der Waals surface area contributed by atoms with Crippen molar-refractivity contribution in [3.63, 3.8) is 0 Å². The summed E-state index contributed by atoms with van der Waals surface area (Å²) in [5.41, 5.74) is 1.36. The van der Waals surface area contributed by atoms with Gasteiger partial charge in [0.25, 0.3) is 10.0 Å². The van der Waals surface area contributed by atoms with Gasteiger partial charge in [-0.15, -0.1) is 0 Å². The van der Waals surface area contributed by atoms with Gasteiger partial charge in [-0.25, -0.2) is 8.42 Å². The van der Waals surface area contributed by atoms with Crippen molar-refractivity contribution in [2.45, 2.75) is 11.8 Å². The lowest BCUT2D eigenvalue weighted by Gasteiger charge is -2.23. The quantitative estimate of drug-likeness (QED) is 0.481. The van der Waals surface area contributed by atoms with Crippen LogP contribution in [0.3, 0.4) is 0 Å². The van der Waals surface area contributed by atoms with E-state index in [1.807, 2.05) is 6.92 Å². The Hall–Kier alpha value is -2.58. The average molecular weight is 393 g/mol. The van der Waals surface area contributed by atoms with E-state index in [2.05, 4.69) is 4.74 Å². The molecule has 0 amide bonds. The number of carbonyl (C=O) groups excluding carboxylic acids is 1. The maximum atomic E-state index is 13.1. The minimum Gasteiger partial charge on any atom is -0.491 e. The maximum absolute atomic E-state index is 13.1. The van der Waals surface area contributed by atoms with E-state index in [0.29, 0.717) is 24.7 Å². The van der Waals surface area contributed by atoms with Gasteiger partial charge in [0.2, 0.25) is 0 Å². The fourth-order valence-electron chi connectivity index (χ4n) is 2.29. The molecule has 0 N–H and O–H groups in total. The van der Waals surface area contributed by atoms with E-state index < -0.39 is 22.5 Å². The highest BCUT2D eigenvalue weighted by atomic mass is 32.2. The number of carbonyl (C=O) groups is 1. The molecule has 0 aliphatic heterocycles. The molecule has 0 atom stereocenters. The molecular weight excluding hydrogens is 370 g/mol. The molecule has 2 rings (SSSR count). The van der Waals surface area contributed by atoms with Gasteiger partial charge in [0.05, 0.1) is 24.3 Å². The van der Waals surface area contributed by atoms with E-state index in [1.165, 1.54) is 19.2 Å². The second kappa shape index (κ2) is 9.38. The number of ether oxygens (including phenoxy) is 3. The predicted octanol–water partition coefficient (Wildman–Crippen LogP) is 2.39. The summed E-state index contributed by atoms with van der Waals surface area (Å²) in [5.74, 6) is -0.125. The molecule has 0 radical (unpaired) electrons. The molecule has 2 aromatic carbocycles. The number of sulfonamides is 1. The number of methoxy groups -OCH3 is 2. The van der Waals surface area contributed by atoms with Crippen LogP contribution < -0.4 is 9.04 Å². The molecule has 146 valence electrons. The first kappa shape index (κ1) is 20.7. The van der Waals surface area contributed by atoms with Crippen molar-refractivity contribution in [2.75, 3.05) is 38.3 Å². The van der Waals surface area contributed by atoms with Crippen molar-refractivity contribution in [1.29, 1.82) is 0 Å². The van der Waals surface area contributed by atoms with Gasteiger partial charge >= 0.3 is 5.97 Å². The van der Waals surface area contributed by atoms with Gasteiger partial charge in [0.1, 0.15) is 18.9 Å². The van der Waals surface area contributed by atoms with E-state index in [-0.39, 0.29) is 4.90 Å². The van der Waals surface area contributed by atoms with Crippen LogP contribution in [0.5, 0.6) is 5.75 Å². The first-order chi connectivity index (χ1) is 12.9. The molecule has 0 aromatic heterocycles.